The van der Waals surface area contributed by atoms with Gasteiger partial charge in [-0.2, -0.15) is 0 Å². The SMILES string of the molecule is NC1(C(=O)NCc2ccc(Br)cc2Cl)CCCC1. The number of hydrogen-bond donors (Lipinski definition) is 2. The molecule has 1 aromatic carbocycles. The van der Waals surface area contributed by atoms with Gasteiger partial charge >= 0.3 is 0 Å². The van der Waals surface area contributed by atoms with E-state index < -0.39 is 5.54 Å². The van der Waals surface area contributed by atoms with E-state index in [1.807, 2.05) is 18.2 Å². The van der Waals surface area contributed by atoms with Crippen LogP contribution in [0.4, 0.5) is 0 Å². The molecule has 0 aliphatic heterocycles. The standard InChI is InChI=1S/C13H16BrClN2O/c14-10-4-3-9(11(15)7-10)8-17-12(18)13(16)5-1-2-6-13/h3-4,7H,1-2,5-6,8,16H2,(H,17,18). The summed E-state index contributed by atoms with van der Waals surface area (Å²) >= 11 is 9.44. The van der Waals surface area contributed by atoms with Gasteiger partial charge in [0, 0.05) is 16.0 Å². The molecule has 1 aromatic rings. The Balaban J connectivity index is 1.97. The monoisotopic (exact) mass is 330 g/mol. The van der Waals surface area contributed by atoms with E-state index in [4.69, 9.17) is 17.3 Å². The summed E-state index contributed by atoms with van der Waals surface area (Å²) in [5.41, 5.74) is 6.30. The van der Waals surface area contributed by atoms with Gasteiger partial charge in [0.15, 0.2) is 0 Å². The topological polar surface area (TPSA) is 55.1 Å². The van der Waals surface area contributed by atoms with Gasteiger partial charge in [-0.3, -0.25) is 4.79 Å². The molecule has 5 heteroatoms. The van der Waals surface area contributed by atoms with Gasteiger partial charge in [-0.05, 0) is 30.5 Å². The van der Waals surface area contributed by atoms with E-state index in [0.29, 0.717) is 11.6 Å². The first-order chi connectivity index (χ1) is 8.51. The van der Waals surface area contributed by atoms with E-state index in [2.05, 4.69) is 21.2 Å². The Labute approximate surface area is 120 Å². The summed E-state index contributed by atoms with van der Waals surface area (Å²) in [5, 5.41) is 3.52. The van der Waals surface area contributed by atoms with Gasteiger partial charge in [0.1, 0.15) is 0 Å². The van der Waals surface area contributed by atoms with Crippen LogP contribution in [0.15, 0.2) is 22.7 Å². The van der Waals surface area contributed by atoms with Crippen molar-refractivity contribution >= 4 is 33.4 Å². The van der Waals surface area contributed by atoms with Crippen molar-refractivity contribution in [2.75, 3.05) is 0 Å². The Hall–Kier alpha value is -0.580. The third kappa shape index (κ3) is 3.05. The fraction of sp³-hybridized carbons (Fsp3) is 0.462. The second-order valence-corrected chi connectivity index (χ2v) is 6.10. The van der Waals surface area contributed by atoms with Gasteiger partial charge in [-0.25, -0.2) is 0 Å². The number of halogens is 2. The molecule has 0 aromatic heterocycles. The van der Waals surface area contributed by atoms with Gasteiger partial charge in [-0.15, -0.1) is 0 Å². The maximum atomic E-state index is 12.0. The maximum Gasteiger partial charge on any atom is 0.240 e. The maximum absolute atomic E-state index is 12.0. The summed E-state index contributed by atoms with van der Waals surface area (Å²) in [5.74, 6) is -0.0704. The minimum Gasteiger partial charge on any atom is -0.350 e. The van der Waals surface area contributed by atoms with Crippen molar-refractivity contribution in [1.82, 2.24) is 5.32 Å². The summed E-state index contributed by atoms with van der Waals surface area (Å²) < 4.78 is 0.925. The summed E-state index contributed by atoms with van der Waals surface area (Å²) in [7, 11) is 0. The van der Waals surface area contributed by atoms with Crippen molar-refractivity contribution in [2.45, 2.75) is 37.8 Å². The minimum absolute atomic E-state index is 0.0704. The third-order valence-electron chi connectivity index (χ3n) is 3.40. The highest BCUT2D eigenvalue weighted by molar-refractivity contribution is 9.10. The third-order valence-corrected chi connectivity index (χ3v) is 4.25. The molecule has 0 atom stereocenters. The average Bonchev–Trinajstić information content (AvgIpc) is 2.76. The number of carbonyl (C=O) groups is 1. The number of nitrogens with two attached hydrogens (primary N) is 1. The summed E-state index contributed by atoms with van der Waals surface area (Å²) in [6.07, 6.45) is 3.60. The number of hydrogen-bond acceptors (Lipinski definition) is 2. The van der Waals surface area contributed by atoms with E-state index >= 15 is 0 Å². The molecule has 1 fully saturated rings. The fourth-order valence-electron chi connectivity index (χ4n) is 2.25. The van der Waals surface area contributed by atoms with E-state index in [1.165, 1.54) is 0 Å². The molecule has 0 heterocycles. The molecule has 3 nitrogen and oxygen atoms in total. The van der Waals surface area contributed by atoms with Crippen molar-refractivity contribution in [3.8, 4) is 0 Å². The Morgan fingerprint density at radius 1 is 1.44 bits per heavy atom. The van der Waals surface area contributed by atoms with Crippen LogP contribution < -0.4 is 11.1 Å². The van der Waals surface area contributed by atoms with Crippen LogP contribution in [0.3, 0.4) is 0 Å². The molecule has 0 bridgehead atoms. The van der Waals surface area contributed by atoms with E-state index in [-0.39, 0.29) is 5.91 Å². The minimum atomic E-state index is -0.679. The van der Waals surface area contributed by atoms with Crippen LogP contribution in [0, 0.1) is 0 Å². The zero-order valence-corrected chi connectivity index (χ0v) is 12.4. The van der Waals surface area contributed by atoms with E-state index in [1.54, 1.807) is 0 Å². The molecule has 1 saturated carbocycles. The highest BCUT2D eigenvalue weighted by Gasteiger charge is 2.36. The molecule has 1 aliphatic carbocycles. The highest BCUT2D eigenvalue weighted by atomic mass is 79.9. The number of carbonyl (C=O) groups excluding carboxylic acids is 1. The number of benzene rings is 1. The predicted molar refractivity (Wildman–Crippen MR) is 76.4 cm³/mol. The molecular weight excluding hydrogens is 316 g/mol. The molecule has 0 saturated heterocycles. The largest absolute Gasteiger partial charge is 0.350 e. The number of nitrogens with one attached hydrogen (secondary N) is 1. The normalized spacial score (nSPS) is 17.7. The Kier molecular flexibility index (Phi) is 4.30. The predicted octanol–water partition coefficient (Wildman–Crippen LogP) is 2.99. The lowest BCUT2D eigenvalue weighted by Gasteiger charge is -2.22. The Morgan fingerprint density at radius 2 is 2.11 bits per heavy atom. The smallest absolute Gasteiger partial charge is 0.240 e. The molecule has 18 heavy (non-hydrogen) atoms. The van der Waals surface area contributed by atoms with E-state index in [9.17, 15) is 4.79 Å². The van der Waals surface area contributed by atoms with Crippen LogP contribution in [-0.4, -0.2) is 11.4 Å². The first kappa shape index (κ1) is 13.8. The summed E-state index contributed by atoms with van der Waals surface area (Å²) in [6, 6.07) is 5.61. The highest BCUT2D eigenvalue weighted by Crippen LogP contribution is 2.27. The average molecular weight is 332 g/mol. The first-order valence-electron chi connectivity index (χ1n) is 6.02. The van der Waals surface area contributed by atoms with Gasteiger partial charge in [0.2, 0.25) is 5.91 Å². The van der Waals surface area contributed by atoms with Gasteiger partial charge in [0.25, 0.3) is 0 Å². The second kappa shape index (κ2) is 5.59. The lowest BCUT2D eigenvalue weighted by molar-refractivity contribution is -0.126. The van der Waals surface area contributed by atoms with Crippen LogP contribution in [0.5, 0.6) is 0 Å². The number of amides is 1. The van der Waals surface area contributed by atoms with Gasteiger partial charge < -0.3 is 11.1 Å². The quantitative estimate of drug-likeness (QED) is 0.894. The molecule has 0 spiro atoms. The molecule has 1 aliphatic rings. The van der Waals surface area contributed by atoms with Crippen LogP contribution in [0.2, 0.25) is 5.02 Å². The van der Waals surface area contributed by atoms with Crippen LogP contribution in [0.1, 0.15) is 31.2 Å². The lowest BCUT2D eigenvalue weighted by Crippen LogP contribution is -2.51. The van der Waals surface area contributed by atoms with Crippen molar-refractivity contribution in [2.24, 2.45) is 5.73 Å². The van der Waals surface area contributed by atoms with Crippen molar-refractivity contribution in [3.05, 3.63) is 33.3 Å². The van der Waals surface area contributed by atoms with Crippen molar-refractivity contribution in [3.63, 3.8) is 0 Å². The van der Waals surface area contributed by atoms with Gasteiger partial charge in [0.05, 0.1) is 5.54 Å². The Bertz CT molecular complexity index is 458. The Morgan fingerprint density at radius 3 is 2.72 bits per heavy atom. The number of rotatable bonds is 3. The summed E-state index contributed by atoms with van der Waals surface area (Å²) in [4.78, 5) is 12.0. The van der Waals surface area contributed by atoms with Crippen molar-refractivity contribution < 1.29 is 4.79 Å². The molecule has 2 rings (SSSR count). The van der Waals surface area contributed by atoms with Crippen LogP contribution >= 0.6 is 27.5 Å². The summed E-state index contributed by atoms with van der Waals surface area (Å²) in [6.45, 7) is 0.421. The first-order valence-corrected chi connectivity index (χ1v) is 7.19. The molecule has 3 N–H and O–H groups in total. The van der Waals surface area contributed by atoms with Crippen LogP contribution in [0.25, 0.3) is 0 Å². The lowest BCUT2D eigenvalue weighted by atomic mass is 9.98. The zero-order chi connectivity index (χ0) is 13.2. The van der Waals surface area contributed by atoms with Crippen molar-refractivity contribution in [1.29, 1.82) is 0 Å². The van der Waals surface area contributed by atoms with E-state index in [0.717, 1.165) is 35.7 Å². The fourth-order valence-corrected chi connectivity index (χ4v) is 2.99. The zero-order valence-electron chi connectivity index (χ0n) is 10.0. The van der Waals surface area contributed by atoms with Crippen LogP contribution in [-0.2, 0) is 11.3 Å². The molecule has 0 radical (unpaired) electrons. The second-order valence-electron chi connectivity index (χ2n) is 4.78. The van der Waals surface area contributed by atoms with Gasteiger partial charge in [-0.1, -0.05) is 46.4 Å². The molecule has 0 unspecified atom stereocenters. The molecular formula is C13H16BrClN2O. The molecule has 98 valence electrons. The molecule has 1 amide bonds.